The zero-order valence-electron chi connectivity index (χ0n) is 12.9. The number of nitrogens with zero attached hydrogens (tertiary/aromatic N) is 4. The molecule has 1 aromatic carbocycles. The summed E-state index contributed by atoms with van der Waals surface area (Å²) >= 11 is 0. The topological polar surface area (TPSA) is 51.2 Å². The van der Waals surface area contributed by atoms with Gasteiger partial charge in [-0.05, 0) is 31.2 Å². The monoisotopic (exact) mass is 334 g/mol. The summed E-state index contributed by atoms with van der Waals surface area (Å²) in [4.78, 5) is 4.20. The molecule has 0 spiro atoms. The second-order valence-electron chi connectivity index (χ2n) is 5.07. The van der Waals surface area contributed by atoms with Gasteiger partial charge in [-0.15, -0.1) is 10.2 Å². The van der Waals surface area contributed by atoms with Crippen LogP contribution in [0.3, 0.4) is 0 Å². The van der Waals surface area contributed by atoms with E-state index in [1.165, 1.54) is 17.6 Å². The number of fused-ring (bicyclic) bond motifs is 1. The highest BCUT2D eigenvalue weighted by molar-refractivity contribution is 5.53. The number of alkyl halides is 3. The molecule has 0 fully saturated rings. The Morgan fingerprint density at radius 2 is 1.92 bits per heavy atom. The number of azo groups is 1. The number of hydrogen-bond acceptors (Lipinski definition) is 4. The molecule has 8 heteroatoms. The summed E-state index contributed by atoms with van der Waals surface area (Å²) < 4.78 is 45.0. The summed E-state index contributed by atoms with van der Waals surface area (Å²) in [6, 6.07) is 9.18. The minimum absolute atomic E-state index is 0.249. The van der Waals surface area contributed by atoms with E-state index in [0.717, 1.165) is 12.3 Å². The zero-order valence-corrected chi connectivity index (χ0v) is 12.9. The van der Waals surface area contributed by atoms with Crippen LogP contribution in [0.15, 0.2) is 52.8 Å². The van der Waals surface area contributed by atoms with Crippen LogP contribution >= 0.6 is 0 Å². The first-order chi connectivity index (χ1) is 11.4. The van der Waals surface area contributed by atoms with E-state index in [0.29, 0.717) is 22.8 Å². The van der Waals surface area contributed by atoms with Gasteiger partial charge in [-0.3, -0.25) is 4.40 Å². The number of benzene rings is 1. The van der Waals surface area contributed by atoms with Gasteiger partial charge in [-0.25, -0.2) is 4.98 Å². The first-order valence-electron chi connectivity index (χ1n) is 7.00. The molecular formula is C16H13F3N4O. The summed E-state index contributed by atoms with van der Waals surface area (Å²) in [6.45, 7) is 1.67. The number of hydrogen-bond donors (Lipinski definition) is 0. The molecule has 0 unspecified atom stereocenters. The van der Waals surface area contributed by atoms with Crippen molar-refractivity contribution < 1.29 is 17.9 Å². The van der Waals surface area contributed by atoms with Crippen LogP contribution in [0.2, 0.25) is 0 Å². The van der Waals surface area contributed by atoms with Crippen LogP contribution in [0.5, 0.6) is 5.75 Å². The number of methoxy groups -OCH3 is 1. The SMILES string of the molecule is COc1cccc(N=Nc2c(C)nc3ccc(C(F)(F)F)cn23)c1. The summed E-state index contributed by atoms with van der Waals surface area (Å²) in [5, 5.41) is 8.13. The van der Waals surface area contributed by atoms with Crippen molar-refractivity contribution in [3.8, 4) is 5.75 Å². The number of imidazole rings is 1. The van der Waals surface area contributed by atoms with Crippen molar-refractivity contribution in [3.05, 3.63) is 53.9 Å². The van der Waals surface area contributed by atoms with Gasteiger partial charge >= 0.3 is 6.18 Å². The molecule has 0 amide bonds. The van der Waals surface area contributed by atoms with Crippen LogP contribution in [-0.4, -0.2) is 16.5 Å². The highest BCUT2D eigenvalue weighted by atomic mass is 19.4. The summed E-state index contributed by atoms with van der Waals surface area (Å²) in [6.07, 6.45) is -3.47. The molecule has 0 saturated carbocycles. The van der Waals surface area contributed by atoms with Gasteiger partial charge in [0.2, 0.25) is 0 Å². The van der Waals surface area contributed by atoms with Crippen molar-refractivity contribution in [1.82, 2.24) is 9.38 Å². The fourth-order valence-electron chi connectivity index (χ4n) is 2.22. The van der Waals surface area contributed by atoms with Crippen LogP contribution in [0.25, 0.3) is 5.65 Å². The molecule has 0 saturated heterocycles. The van der Waals surface area contributed by atoms with E-state index in [4.69, 9.17) is 4.74 Å². The standard InChI is InChI=1S/C16H13F3N4O/c1-10-15(22-21-12-4-3-5-13(8-12)24-2)23-9-11(16(17,18)19)6-7-14(23)20-10/h3-9H,1-2H3. The van der Waals surface area contributed by atoms with Gasteiger partial charge in [0.15, 0.2) is 5.82 Å². The molecule has 2 heterocycles. The van der Waals surface area contributed by atoms with Crippen molar-refractivity contribution >= 4 is 17.2 Å². The normalized spacial score (nSPS) is 12.2. The number of halogens is 3. The Kier molecular flexibility index (Phi) is 3.96. The average molecular weight is 334 g/mol. The highest BCUT2D eigenvalue weighted by Crippen LogP contribution is 2.31. The maximum absolute atomic E-state index is 12.9. The quantitative estimate of drug-likeness (QED) is 0.627. The van der Waals surface area contributed by atoms with E-state index < -0.39 is 11.7 Å². The van der Waals surface area contributed by atoms with E-state index >= 15 is 0 Å². The lowest BCUT2D eigenvalue weighted by Gasteiger charge is -2.06. The molecular weight excluding hydrogens is 321 g/mol. The lowest BCUT2D eigenvalue weighted by Crippen LogP contribution is -2.06. The van der Waals surface area contributed by atoms with Gasteiger partial charge in [0.05, 0.1) is 24.1 Å². The largest absolute Gasteiger partial charge is 0.497 e. The molecule has 0 N–H and O–H groups in total. The van der Waals surface area contributed by atoms with Gasteiger partial charge in [-0.1, -0.05) is 6.07 Å². The number of aromatic nitrogens is 2. The van der Waals surface area contributed by atoms with E-state index in [9.17, 15) is 13.2 Å². The predicted molar refractivity (Wildman–Crippen MR) is 82.1 cm³/mol. The first kappa shape index (κ1) is 16.0. The third kappa shape index (κ3) is 3.08. The molecule has 0 aliphatic carbocycles. The van der Waals surface area contributed by atoms with E-state index in [-0.39, 0.29) is 5.82 Å². The Labute approximate surface area is 135 Å². The van der Waals surface area contributed by atoms with E-state index in [1.54, 1.807) is 31.2 Å². The molecule has 0 atom stereocenters. The number of rotatable bonds is 3. The maximum Gasteiger partial charge on any atom is 0.417 e. The predicted octanol–water partition coefficient (Wildman–Crippen LogP) is 5.09. The van der Waals surface area contributed by atoms with Crippen LogP contribution in [0.1, 0.15) is 11.3 Å². The zero-order chi connectivity index (χ0) is 17.3. The molecule has 3 aromatic rings. The minimum Gasteiger partial charge on any atom is -0.497 e. The molecule has 3 rings (SSSR count). The third-order valence-corrected chi connectivity index (χ3v) is 3.40. The molecule has 2 aromatic heterocycles. The van der Waals surface area contributed by atoms with Crippen molar-refractivity contribution in [2.75, 3.05) is 7.11 Å². The van der Waals surface area contributed by atoms with Gasteiger partial charge in [0, 0.05) is 12.3 Å². The van der Waals surface area contributed by atoms with E-state index in [1.807, 2.05) is 0 Å². The number of ether oxygens (including phenoxy) is 1. The molecule has 0 radical (unpaired) electrons. The Hall–Kier alpha value is -2.90. The Balaban J connectivity index is 2.04. The second kappa shape index (κ2) is 5.95. The van der Waals surface area contributed by atoms with Crippen molar-refractivity contribution in [2.45, 2.75) is 13.1 Å². The summed E-state index contributed by atoms with van der Waals surface area (Å²) in [7, 11) is 1.53. The lowest BCUT2D eigenvalue weighted by molar-refractivity contribution is -0.137. The van der Waals surface area contributed by atoms with Crippen LogP contribution < -0.4 is 4.74 Å². The summed E-state index contributed by atoms with van der Waals surface area (Å²) in [5.74, 6) is 0.861. The van der Waals surface area contributed by atoms with Gasteiger partial charge in [0.1, 0.15) is 11.4 Å². The molecule has 0 aliphatic rings. The fourth-order valence-corrected chi connectivity index (χ4v) is 2.22. The molecule has 124 valence electrons. The van der Waals surface area contributed by atoms with Crippen LogP contribution in [0, 0.1) is 6.92 Å². The average Bonchev–Trinajstić information content (AvgIpc) is 2.86. The molecule has 24 heavy (non-hydrogen) atoms. The molecule has 5 nitrogen and oxygen atoms in total. The van der Waals surface area contributed by atoms with Crippen molar-refractivity contribution in [1.29, 1.82) is 0 Å². The van der Waals surface area contributed by atoms with Crippen molar-refractivity contribution in [3.63, 3.8) is 0 Å². The van der Waals surface area contributed by atoms with Crippen LogP contribution in [0.4, 0.5) is 24.7 Å². The second-order valence-corrected chi connectivity index (χ2v) is 5.07. The Bertz CT molecular complexity index is 915. The van der Waals surface area contributed by atoms with Gasteiger partial charge < -0.3 is 4.74 Å². The number of aryl methyl sites for hydroxylation is 1. The van der Waals surface area contributed by atoms with E-state index in [2.05, 4.69) is 15.2 Å². The number of pyridine rings is 1. The maximum atomic E-state index is 12.9. The van der Waals surface area contributed by atoms with Gasteiger partial charge in [-0.2, -0.15) is 13.2 Å². The van der Waals surface area contributed by atoms with Crippen molar-refractivity contribution in [2.24, 2.45) is 10.2 Å². The summed E-state index contributed by atoms with van der Waals surface area (Å²) in [5.41, 5.74) is 0.613. The van der Waals surface area contributed by atoms with Gasteiger partial charge in [0.25, 0.3) is 0 Å². The smallest absolute Gasteiger partial charge is 0.417 e. The molecule has 0 bridgehead atoms. The Morgan fingerprint density at radius 1 is 1.12 bits per heavy atom. The fraction of sp³-hybridized carbons (Fsp3) is 0.188. The minimum atomic E-state index is -4.44. The van der Waals surface area contributed by atoms with Crippen LogP contribution in [-0.2, 0) is 6.18 Å². The first-order valence-corrected chi connectivity index (χ1v) is 7.00. The lowest BCUT2D eigenvalue weighted by atomic mass is 10.3. The molecule has 0 aliphatic heterocycles. The highest BCUT2D eigenvalue weighted by Gasteiger charge is 2.31. The Morgan fingerprint density at radius 3 is 2.62 bits per heavy atom. The third-order valence-electron chi connectivity index (χ3n) is 3.40.